The minimum absolute atomic E-state index is 0.0237. The van der Waals surface area contributed by atoms with Crippen molar-refractivity contribution in [3.63, 3.8) is 0 Å². The fourth-order valence-corrected chi connectivity index (χ4v) is 1.88. The first kappa shape index (κ1) is 11.5. The highest BCUT2D eigenvalue weighted by Gasteiger charge is 2.14. The Kier molecular flexibility index (Phi) is 4.94. The molecule has 1 fully saturated rings. The molecule has 3 heteroatoms. The molecule has 82 valence electrons. The molecule has 1 saturated heterocycles. The third-order valence-electron chi connectivity index (χ3n) is 2.84. The maximum absolute atomic E-state index is 11.1. The number of ether oxygens (including phenoxy) is 1. The first-order valence-electron chi connectivity index (χ1n) is 5.52. The van der Waals surface area contributed by atoms with Crippen LogP contribution in [0, 0.1) is 0 Å². The van der Waals surface area contributed by atoms with Crippen molar-refractivity contribution in [1.29, 1.82) is 0 Å². The van der Waals surface area contributed by atoms with Crippen LogP contribution in [-0.2, 0) is 9.53 Å². The third-order valence-corrected chi connectivity index (χ3v) is 2.84. The molecule has 0 aromatic rings. The van der Waals surface area contributed by atoms with E-state index < -0.39 is 0 Å². The first-order valence-corrected chi connectivity index (χ1v) is 5.52. The fourth-order valence-electron chi connectivity index (χ4n) is 1.88. The summed E-state index contributed by atoms with van der Waals surface area (Å²) in [6.07, 6.45) is 6.06. The number of esters is 1. The Morgan fingerprint density at radius 3 is 2.64 bits per heavy atom. The minimum Gasteiger partial charge on any atom is -0.466 e. The number of rotatable bonds is 1. The Morgan fingerprint density at radius 1 is 1.21 bits per heavy atom. The number of carbonyl (C=O) groups is 1. The van der Waals surface area contributed by atoms with Gasteiger partial charge in [-0.2, -0.15) is 0 Å². The van der Waals surface area contributed by atoms with Crippen LogP contribution in [0.4, 0.5) is 0 Å². The summed E-state index contributed by atoms with van der Waals surface area (Å²) < 4.78 is 5.06. The number of carbonyl (C=O) groups excluding carboxylic acids is 1. The maximum atomic E-state index is 11.1. The highest BCUT2D eigenvalue weighted by molar-refractivity contribution is 5.69. The lowest BCUT2D eigenvalue weighted by atomic mass is 10.0. The van der Waals surface area contributed by atoms with Crippen molar-refractivity contribution in [2.24, 2.45) is 0 Å². The molecular weight excluding hydrogens is 178 g/mol. The fraction of sp³-hybridized carbons (Fsp3) is 0.909. The van der Waals surface area contributed by atoms with Gasteiger partial charge in [0.25, 0.3) is 0 Å². The van der Waals surface area contributed by atoms with Crippen LogP contribution in [0.15, 0.2) is 0 Å². The Bertz CT molecular complexity index is 180. The molecule has 1 aliphatic rings. The second-order valence-corrected chi connectivity index (χ2v) is 4.23. The molecule has 1 rings (SSSR count). The van der Waals surface area contributed by atoms with Crippen molar-refractivity contribution < 1.29 is 9.53 Å². The molecule has 0 bridgehead atoms. The van der Waals surface area contributed by atoms with Gasteiger partial charge in [-0.1, -0.05) is 0 Å². The SMILES string of the molecule is CN(C)C1CCCCOC(=O)CCC1. The van der Waals surface area contributed by atoms with Crippen LogP contribution in [0.25, 0.3) is 0 Å². The number of cyclic esters (lactones) is 1. The highest BCUT2D eigenvalue weighted by Crippen LogP contribution is 2.15. The van der Waals surface area contributed by atoms with E-state index in [4.69, 9.17) is 4.74 Å². The van der Waals surface area contributed by atoms with Crippen molar-refractivity contribution in [2.75, 3.05) is 20.7 Å². The van der Waals surface area contributed by atoms with Gasteiger partial charge in [-0.05, 0) is 46.2 Å². The molecule has 1 atom stereocenters. The molecule has 0 N–H and O–H groups in total. The van der Waals surface area contributed by atoms with Crippen molar-refractivity contribution in [2.45, 2.75) is 44.6 Å². The third kappa shape index (κ3) is 4.09. The van der Waals surface area contributed by atoms with Gasteiger partial charge in [0.05, 0.1) is 6.61 Å². The van der Waals surface area contributed by atoms with Crippen LogP contribution in [0.1, 0.15) is 38.5 Å². The second-order valence-electron chi connectivity index (χ2n) is 4.23. The molecule has 1 heterocycles. The standard InChI is InChI=1S/C11H21NO2/c1-12(2)10-6-3-4-9-14-11(13)8-5-7-10/h10H,3-9H2,1-2H3. The van der Waals surface area contributed by atoms with Crippen molar-refractivity contribution in [3.05, 3.63) is 0 Å². The van der Waals surface area contributed by atoms with Gasteiger partial charge >= 0.3 is 5.97 Å². The highest BCUT2D eigenvalue weighted by atomic mass is 16.5. The second kappa shape index (κ2) is 6.02. The summed E-state index contributed by atoms with van der Waals surface area (Å²) in [5, 5.41) is 0. The summed E-state index contributed by atoms with van der Waals surface area (Å²) in [7, 11) is 4.24. The van der Waals surface area contributed by atoms with Crippen LogP contribution in [0.3, 0.4) is 0 Å². The van der Waals surface area contributed by atoms with Crippen molar-refractivity contribution >= 4 is 5.97 Å². The molecule has 0 spiro atoms. The summed E-state index contributed by atoms with van der Waals surface area (Å²) in [4.78, 5) is 13.4. The van der Waals surface area contributed by atoms with Crippen LogP contribution in [0.5, 0.6) is 0 Å². The van der Waals surface area contributed by atoms with Crippen LogP contribution >= 0.6 is 0 Å². The number of hydrogen-bond donors (Lipinski definition) is 0. The smallest absolute Gasteiger partial charge is 0.305 e. The van der Waals surface area contributed by atoms with Crippen LogP contribution in [-0.4, -0.2) is 37.6 Å². The number of hydrogen-bond acceptors (Lipinski definition) is 3. The molecule has 0 aromatic heterocycles. The topological polar surface area (TPSA) is 29.5 Å². The van der Waals surface area contributed by atoms with E-state index in [1.54, 1.807) is 0 Å². The summed E-state index contributed by atoms with van der Waals surface area (Å²) in [5.74, 6) is -0.0237. The molecule has 1 unspecified atom stereocenters. The van der Waals surface area contributed by atoms with Gasteiger partial charge in [-0.3, -0.25) is 4.79 Å². The van der Waals surface area contributed by atoms with E-state index in [9.17, 15) is 4.79 Å². The zero-order chi connectivity index (χ0) is 10.4. The van der Waals surface area contributed by atoms with Gasteiger partial charge in [0.1, 0.15) is 0 Å². The van der Waals surface area contributed by atoms with Gasteiger partial charge < -0.3 is 9.64 Å². The first-order chi connectivity index (χ1) is 6.70. The van der Waals surface area contributed by atoms with Gasteiger partial charge in [-0.25, -0.2) is 0 Å². The van der Waals surface area contributed by atoms with E-state index in [0.717, 1.165) is 25.7 Å². The quantitative estimate of drug-likeness (QED) is 0.603. The van der Waals surface area contributed by atoms with Crippen LogP contribution in [0.2, 0.25) is 0 Å². The van der Waals surface area contributed by atoms with E-state index in [2.05, 4.69) is 19.0 Å². The molecule has 14 heavy (non-hydrogen) atoms. The van der Waals surface area contributed by atoms with Gasteiger partial charge in [0, 0.05) is 12.5 Å². The molecule has 1 aliphatic heterocycles. The average Bonchev–Trinajstić information content (AvgIpc) is 2.15. The number of nitrogens with zero attached hydrogens (tertiary/aromatic N) is 1. The van der Waals surface area contributed by atoms with E-state index in [0.29, 0.717) is 19.1 Å². The van der Waals surface area contributed by atoms with Crippen molar-refractivity contribution in [1.82, 2.24) is 4.90 Å². The lowest BCUT2D eigenvalue weighted by Gasteiger charge is -2.25. The summed E-state index contributed by atoms with van der Waals surface area (Å²) in [6, 6.07) is 0.640. The zero-order valence-corrected chi connectivity index (χ0v) is 9.29. The Hall–Kier alpha value is -0.570. The Labute approximate surface area is 86.4 Å². The van der Waals surface area contributed by atoms with E-state index in [1.165, 1.54) is 6.42 Å². The molecule has 3 nitrogen and oxygen atoms in total. The summed E-state index contributed by atoms with van der Waals surface area (Å²) >= 11 is 0. The molecule has 0 aliphatic carbocycles. The zero-order valence-electron chi connectivity index (χ0n) is 9.29. The molecule has 0 aromatic carbocycles. The molecule has 0 saturated carbocycles. The van der Waals surface area contributed by atoms with E-state index in [1.807, 2.05) is 0 Å². The predicted octanol–water partition coefficient (Wildman–Crippen LogP) is 1.81. The average molecular weight is 199 g/mol. The molecular formula is C11H21NO2. The monoisotopic (exact) mass is 199 g/mol. The van der Waals surface area contributed by atoms with Crippen LogP contribution < -0.4 is 0 Å². The minimum atomic E-state index is -0.0237. The normalized spacial score (nSPS) is 25.9. The van der Waals surface area contributed by atoms with E-state index in [-0.39, 0.29) is 5.97 Å². The lowest BCUT2D eigenvalue weighted by molar-refractivity contribution is -0.144. The largest absolute Gasteiger partial charge is 0.466 e. The Morgan fingerprint density at radius 2 is 1.93 bits per heavy atom. The predicted molar refractivity (Wildman–Crippen MR) is 56.1 cm³/mol. The van der Waals surface area contributed by atoms with Crippen molar-refractivity contribution in [3.8, 4) is 0 Å². The van der Waals surface area contributed by atoms with Gasteiger partial charge in [0.2, 0.25) is 0 Å². The van der Waals surface area contributed by atoms with Gasteiger partial charge in [-0.15, -0.1) is 0 Å². The molecule has 0 radical (unpaired) electrons. The summed E-state index contributed by atoms with van der Waals surface area (Å²) in [6.45, 7) is 0.610. The van der Waals surface area contributed by atoms with E-state index >= 15 is 0 Å². The lowest BCUT2D eigenvalue weighted by Crippen LogP contribution is -2.28. The summed E-state index contributed by atoms with van der Waals surface area (Å²) in [5.41, 5.74) is 0. The Balaban J connectivity index is 2.37. The van der Waals surface area contributed by atoms with Gasteiger partial charge in [0.15, 0.2) is 0 Å². The maximum Gasteiger partial charge on any atom is 0.305 e. The molecule has 0 amide bonds.